The van der Waals surface area contributed by atoms with Crippen molar-refractivity contribution >= 4 is 12.1 Å². The Balaban J connectivity index is 2.28. The number of nitrogens with zero attached hydrogens (tertiary/aromatic N) is 3. The third-order valence-electron chi connectivity index (χ3n) is 3.26. The zero-order valence-electron chi connectivity index (χ0n) is 10.5. The zero-order chi connectivity index (χ0) is 12.3. The lowest BCUT2D eigenvalue weighted by Crippen LogP contribution is -2.38. The van der Waals surface area contributed by atoms with Gasteiger partial charge in [-0.1, -0.05) is 0 Å². The van der Waals surface area contributed by atoms with E-state index in [-0.39, 0.29) is 0 Å². The van der Waals surface area contributed by atoms with E-state index < -0.39 is 0 Å². The molecular formula is C13H19N3O. The van der Waals surface area contributed by atoms with Crippen LogP contribution in [-0.2, 0) is 0 Å². The Labute approximate surface area is 102 Å². The van der Waals surface area contributed by atoms with E-state index in [1.165, 1.54) is 0 Å². The van der Waals surface area contributed by atoms with Crippen molar-refractivity contribution in [1.82, 2.24) is 9.88 Å². The number of carbonyl (C=O) groups is 1. The summed E-state index contributed by atoms with van der Waals surface area (Å²) in [6, 6.07) is 4.02. The maximum absolute atomic E-state index is 11.0. The van der Waals surface area contributed by atoms with Gasteiger partial charge in [-0.25, -0.2) is 4.98 Å². The molecule has 0 amide bonds. The molecule has 4 nitrogen and oxygen atoms in total. The third-order valence-corrected chi connectivity index (χ3v) is 3.26. The molecule has 0 radical (unpaired) electrons. The number of hydrogen-bond acceptors (Lipinski definition) is 4. The first-order valence-corrected chi connectivity index (χ1v) is 6.07. The van der Waals surface area contributed by atoms with Gasteiger partial charge in [-0.05, 0) is 39.1 Å². The van der Waals surface area contributed by atoms with E-state index >= 15 is 0 Å². The summed E-state index contributed by atoms with van der Waals surface area (Å²) in [4.78, 5) is 20.0. The molecule has 1 fully saturated rings. The van der Waals surface area contributed by atoms with E-state index in [1.54, 1.807) is 6.20 Å². The molecule has 1 atom stereocenters. The van der Waals surface area contributed by atoms with Gasteiger partial charge in [0.05, 0.1) is 5.56 Å². The van der Waals surface area contributed by atoms with E-state index in [0.29, 0.717) is 11.6 Å². The number of aldehydes is 1. The largest absolute Gasteiger partial charge is 0.352 e. The third kappa shape index (κ3) is 2.64. The van der Waals surface area contributed by atoms with E-state index in [9.17, 15) is 4.79 Å². The van der Waals surface area contributed by atoms with Gasteiger partial charge in [0.1, 0.15) is 5.82 Å². The topological polar surface area (TPSA) is 36.4 Å². The monoisotopic (exact) mass is 233 g/mol. The van der Waals surface area contributed by atoms with E-state index in [0.717, 1.165) is 38.2 Å². The van der Waals surface area contributed by atoms with Crippen LogP contribution in [0.2, 0.25) is 0 Å². The lowest BCUT2D eigenvalue weighted by atomic mass is 10.2. The summed E-state index contributed by atoms with van der Waals surface area (Å²) in [5, 5.41) is 0. The van der Waals surface area contributed by atoms with Crippen LogP contribution in [0.15, 0.2) is 18.3 Å². The molecule has 0 bridgehead atoms. The predicted octanol–water partition coefficient (Wildman–Crippen LogP) is 1.42. The van der Waals surface area contributed by atoms with Crippen molar-refractivity contribution in [2.75, 3.05) is 31.6 Å². The summed E-state index contributed by atoms with van der Waals surface area (Å²) in [6.45, 7) is 5.26. The van der Waals surface area contributed by atoms with Gasteiger partial charge in [0, 0.05) is 25.3 Å². The molecule has 17 heavy (non-hydrogen) atoms. The molecule has 1 aromatic rings. The van der Waals surface area contributed by atoms with Crippen LogP contribution in [0.5, 0.6) is 0 Å². The minimum atomic E-state index is 0.385. The van der Waals surface area contributed by atoms with Crippen molar-refractivity contribution in [2.24, 2.45) is 0 Å². The van der Waals surface area contributed by atoms with Crippen molar-refractivity contribution in [3.05, 3.63) is 23.9 Å². The molecule has 2 heterocycles. The van der Waals surface area contributed by atoms with Crippen LogP contribution in [0, 0.1) is 0 Å². The second-order valence-corrected chi connectivity index (χ2v) is 4.69. The lowest BCUT2D eigenvalue weighted by molar-refractivity contribution is 0.112. The van der Waals surface area contributed by atoms with E-state index in [4.69, 9.17) is 0 Å². The normalized spacial score (nSPS) is 22.2. The summed E-state index contributed by atoms with van der Waals surface area (Å²) < 4.78 is 0. The molecule has 2 rings (SSSR count). The Morgan fingerprint density at radius 3 is 3.06 bits per heavy atom. The molecule has 1 aliphatic rings. The van der Waals surface area contributed by atoms with Crippen LogP contribution in [0.3, 0.4) is 0 Å². The Morgan fingerprint density at radius 2 is 2.29 bits per heavy atom. The van der Waals surface area contributed by atoms with Gasteiger partial charge in [0.15, 0.2) is 6.29 Å². The summed E-state index contributed by atoms with van der Waals surface area (Å²) in [6.07, 6.45) is 3.75. The molecule has 0 saturated carbocycles. The SMILES string of the molecule is CC1CN(C)CCCN1c1ncccc1C=O. The fourth-order valence-electron chi connectivity index (χ4n) is 2.43. The highest BCUT2D eigenvalue weighted by Gasteiger charge is 2.22. The highest BCUT2D eigenvalue weighted by atomic mass is 16.1. The molecule has 0 aromatic carbocycles. The number of likely N-dealkylation sites (N-methyl/N-ethyl adjacent to an activating group) is 1. The summed E-state index contributed by atoms with van der Waals surface area (Å²) in [7, 11) is 2.14. The van der Waals surface area contributed by atoms with Crippen LogP contribution in [0.25, 0.3) is 0 Å². The molecule has 4 heteroatoms. The van der Waals surface area contributed by atoms with Crippen molar-refractivity contribution < 1.29 is 4.79 Å². The van der Waals surface area contributed by atoms with Gasteiger partial charge in [0.2, 0.25) is 0 Å². The molecule has 0 spiro atoms. The van der Waals surface area contributed by atoms with Gasteiger partial charge < -0.3 is 9.80 Å². The quantitative estimate of drug-likeness (QED) is 0.724. The number of carbonyl (C=O) groups excluding carboxylic acids is 1. The van der Waals surface area contributed by atoms with Gasteiger partial charge >= 0.3 is 0 Å². The molecule has 92 valence electrons. The highest BCUT2D eigenvalue weighted by Crippen LogP contribution is 2.20. The van der Waals surface area contributed by atoms with Gasteiger partial charge in [-0.3, -0.25) is 4.79 Å². The minimum absolute atomic E-state index is 0.385. The number of rotatable bonds is 2. The van der Waals surface area contributed by atoms with Crippen LogP contribution in [0.4, 0.5) is 5.82 Å². The van der Waals surface area contributed by atoms with Crippen molar-refractivity contribution in [2.45, 2.75) is 19.4 Å². The molecule has 0 N–H and O–H groups in total. The van der Waals surface area contributed by atoms with Gasteiger partial charge in [-0.2, -0.15) is 0 Å². The molecule has 1 unspecified atom stereocenters. The number of aromatic nitrogens is 1. The predicted molar refractivity (Wildman–Crippen MR) is 68.5 cm³/mol. The van der Waals surface area contributed by atoms with Crippen LogP contribution in [-0.4, -0.2) is 48.9 Å². The van der Waals surface area contributed by atoms with Crippen molar-refractivity contribution in [3.63, 3.8) is 0 Å². The summed E-state index contributed by atoms with van der Waals surface area (Å²) in [5.41, 5.74) is 0.684. The maximum atomic E-state index is 11.0. The lowest BCUT2D eigenvalue weighted by Gasteiger charge is -2.29. The standard InChI is InChI=1S/C13H19N3O/c1-11-9-15(2)7-4-8-16(11)13-12(10-17)5-3-6-14-13/h3,5-6,10-11H,4,7-9H2,1-2H3. The van der Waals surface area contributed by atoms with Gasteiger partial charge in [-0.15, -0.1) is 0 Å². The molecule has 1 aromatic heterocycles. The second kappa shape index (κ2) is 5.27. The highest BCUT2D eigenvalue weighted by molar-refractivity contribution is 5.82. The maximum Gasteiger partial charge on any atom is 0.153 e. The second-order valence-electron chi connectivity index (χ2n) is 4.69. The van der Waals surface area contributed by atoms with Crippen LogP contribution in [0.1, 0.15) is 23.7 Å². The average molecular weight is 233 g/mol. The minimum Gasteiger partial charge on any atom is -0.352 e. The first kappa shape index (κ1) is 12.0. The Kier molecular flexibility index (Phi) is 3.74. The van der Waals surface area contributed by atoms with Crippen molar-refractivity contribution in [3.8, 4) is 0 Å². The first-order valence-electron chi connectivity index (χ1n) is 6.07. The number of anilines is 1. The molecule has 1 aliphatic heterocycles. The number of hydrogen-bond donors (Lipinski definition) is 0. The molecule has 0 aliphatic carbocycles. The summed E-state index contributed by atoms with van der Waals surface area (Å²) >= 11 is 0. The van der Waals surface area contributed by atoms with Gasteiger partial charge in [0.25, 0.3) is 0 Å². The fourth-order valence-corrected chi connectivity index (χ4v) is 2.43. The van der Waals surface area contributed by atoms with Crippen molar-refractivity contribution in [1.29, 1.82) is 0 Å². The Morgan fingerprint density at radius 1 is 1.47 bits per heavy atom. The Hall–Kier alpha value is -1.42. The first-order chi connectivity index (χ1) is 8.22. The molecular weight excluding hydrogens is 214 g/mol. The zero-order valence-corrected chi connectivity index (χ0v) is 10.5. The average Bonchev–Trinajstić information content (AvgIpc) is 2.50. The van der Waals surface area contributed by atoms with Crippen LogP contribution >= 0.6 is 0 Å². The van der Waals surface area contributed by atoms with E-state index in [2.05, 4.69) is 28.8 Å². The van der Waals surface area contributed by atoms with E-state index in [1.807, 2.05) is 12.1 Å². The van der Waals surface area contributed by atoms with Crippen LogP contribution < -0.4 is 4.90 Å². The Bertz CT molecular complexity index is 394. The molecule has 1 saturated heterocycles. The number of pyridine rings is 1. The smallest absolute Gasteiger partial charge is 0.153 e. The fraction of sp³-hybridized carbons (Fsp3) is 0.538. The summed E-state index contributed by atoms with van der Waals surface area (Å²) in [5.74, 6) is 0.824.